The Balaban J connectivity index is 1.48. The maximum atomic E-state index is 14.0. The first-order valence-electron chi connectivity index (χ1n) is 14.2. The van der Waals surface area contributed by atoms with Gasteiger partial charge in [0.05, 0.1) is 23.9 Å². The molecule has 1 unspecified atom stereocenters. The summed E-state index contributed by atoms with van der Waals surface area (Å²) in [5, 5.41) is 14.0. The van der Waals surface area contributed by atoms with Crippen molar-refractivity contribution in [3.05, 3.63) is 35.5 Å². The number of anilines is 1. The van der Waals surface area contributed by atoms with Gasteiger partial charge in [-0.05, 0) is 38.2 Å². The number of fused-ring (bicyclic) bond motifs is 1. The molecule has 3 aromatic heterocycles. The van der Waals surface area contributed by atoms with Crippen molar-refractivity contribution in [2.75, 3.05) is 25.5 Å². The topological polar surface area (TPSA) is 122 Å². The smallest absolute Gasteiger partial charge is 0.361 e. The number of hydrogen-bond acceptors (Lipinski definition) is 7. The maximum Gasteiger partial charge on any atom is 0.393 e. The highest BCUT2D eigenvalue weighted by atomic mass is 19.4. The van der Waals surface area contributed by atoms with Crippen LogP contribution in [-0.2, 0) is 17.8 Å². The van der Waals surface area contributed by atoms with E-state index in [1.807, 2.05) is 6.92 Å². The van der Waals surface area contributed by atoms with E-state index in [0.29, 0.717) is 29.4 Å². The molecule has 0 aromatic carbocycles. The lowest BCUT2D eigenvalue weighted by atomic mass is 9.81. The van der Waals surface area contributed by atoms with Gasteiger partial charge in [-0.25, -0.2) is 18.3 Å². The minimum atomic E-state index is -4.44. The predicted molar refractivity (Wildman–Crippen MR) is 144 cm³/mol. The fourth-order valence-corrected chi connectivity index (χ4v) is 5.89. The second kappa shape index (κ2) is 11.7. The van der Waals surface area contributed by atoms with Gasteiger partial charge in [0.1, 0.15) is 11.4 Å². The fraction of sp³-hybridized carbons (Fsp3) is 0.630. The molecular weight excluding hydrogens is 577 g/mol. The molecule has 0 spiro atoms. The van der Waals surface area contributed by atoms with E-state index in [1.165, 1.54) is 15.4 Å². The largest absolute Gasteiger partial charge is 0.393 e. The van der Waals surface area contributed by atoms with Gasteiger partial charge < -0.3 is 15.5 Å². The van der Waals surface area contributed by atoms with Crippen molar-refractivity contribution in [3.8, 4) is 0 Å². The van der Waals surface area contributed by atoms with Gasteiger partial charge in [-0.2, -0.15) is 28.4 Å². The molecule has 1 saturated heterocycles. The fourth-order valence-electron chi connectivity index (χ4n) is 5.89. The Bertz CT molecular complexity index is 1480. The number of halogens is 5. The van der Waals surface area contributed by atoms with Gasteiger partial charge in [0.25, 0.3) is 11.7 Å². The van der Waals surface area contributed by atoms with Crippen LogP contribution in [0.5, 0.6) is 0 Å². The first-order chi connectivity index (χ1) is 20.3. The molecule has 16 heteroatoms. The summed E-state index contributed by atoms with van der Waals surface area (Å²) in [5.74, 6) is -6.18. The van der Waals surface area contributed by atoms with E-state index in [0.717, 1.165) is 0 Å². The highest BCUT2D eigenvalue weighted by molar-refractivity contribution is 5.92. The number of carbonyl (C=O) groups is 2. The van der Waals surface area contributed by atoms with Crippen LogP contribution in [0.1, 0.15) is 66.9 Å². The number of carbonyl (C=O) groups excluding carboxylic acids is 2. The molecule has 1 aliphatic heterocycles. The third-order valence-corrected chi connectivity index (χ3v) is 8.26. The van der Waals surface area contributed by atoms with Crippen LogP contribution in [0.4, 0.5) is 27.8 Å². The van der Waals surface area contributed by atoms with Crippen LogP contribution in [0.25, 0.3) is 5.78 Å². The SMILES string of the molecule is CCn1nccc1C(=O)N[C@H](c1cn2nc(CC3C[C@H](C(F)(F)F)CNC3=O)c(N(C)C)nc2n1)C1CCC(F)(F)CC1. The number of imidazole rings is 1. The van der Waals surface area contributed by atoms with Gasteiger partial charge in [0, 0.05) is 58.6 Å². The van der Waals surface area contributed by atoms with Crippen molar-refractivity contribution >= 4 is 23.4 Å². The van der Waals surface area contributed by atoms with Crippen LogP contribution in [0, 0.1) is 17.8 Å². The van der Waals surface area contributed by atoms with Gasteiger partial charge in [-0.1, -0.05) is 0 Å². The molecule has 1 saturated carbocycles. The molecule has 3 atom stereocenters. The zero-order valence-corrected chi connectivity index (χ0v) is 24.0. The first kappa shape index (κ1) is 30.6. The van der Waals surface area contributed by atoms with Crippen molar-refractivity contribution in [3.63, 3.8) is 0 Å². The van der Waals surface area contributed by atoms with Crippen molar-refractivity contribution in [2.45, 2.75) is 70.1 Å². The molecule has 0 radical (unpaired) electrons. The third kappa shape index (κ3) is 6.56. The molecule has 11 nitrogen and oxygen atoms in total. The highest BCUT2D eigenvalue weighted by Gasteiger charge is 2.45. The number of piperidine rings is 1. The molecule has 4 heterocycles. The third-order valence-electron chi connectivity index (χ3n) is 8.26. The summed E-state index contributed by atoms with van der Waals surface area (Å²) in [6, 6.07) is 0.827. The second-order valence-corrected chi connectivity index (χ2v) is 11.5. The van der Waals surface area contributed by atoms with E-state index < -0.39 is 48.3 Å². The van der Waals surface area contributed by atoms with Gasteiger partial charge in [0.2, 0.25) is 11.8 Å². The summed E-state index contributed by atoms with van der Waals surface area (Å²) in [4.78, 5) is 36.6. The summed E-state index contributed by atoms with van der Waals surface area (Å²) in [5.41, 5.74) is 0.975. The number of rotatable bonds is 8. The minimum Gasteiger partial charge on any atom is -0.361 e. The van der Waals surface area contributed by atoms with Crippen LogP contribution in [0.3, 0.4) is 0 Å². The maximum absolute atomic E-state index is 14.0. The number of aryl methyl sites for hydroxylation is 1. The van der Waals surface area contributed by atoms with E-state index in [4.69, 9.17) is 0 Å². The summed E-state index contributed by atoms with van der Waals surface area (Å²) in [6.07, 6.45) is -2.18. The Kier molecular flexibility index (Phi) is 8.31. The normalized spacial score (nSPS) is 21.9. The molecule has 3 aromatic rings. The summed E-state index contributed by atoms with van der Waals surface area (Å²) >= 11 is 0. The lowest BCUT2D eigenvalue weighted by molar-refractivity contribution is -0.183. The summed E-state index contributed by atoms with van der Waals surface area (Å²) < 4.78 is 71.2. The molecule has 2 fully saturated rings. The molecule has 2 N–H and O–H groups in total. The predicted octanol–water partition coefficient (Wildman–Crippen LogP) is 3.56. The van der Waals surface area contributed by atoms with E-state index in [-0.39, 0.29) is 50.2 Å². The number of nitrogens with zero attached hydrogens (tertiary/aromatic N) is 7. The van der Waals surface area contributed by atoms with E-state index in [9.17, 15) is 31.5 Å². The number of aromatic nitrogens is 6. The molecule has 2 aliphatic rings. The lowest BCUT2D eigenvalue weighted by Gasteiger charge is -2.33. The second-order valence-electron chi connectivity index (χ2n) is 11.5. The number of nitrogens with one attached hydrogen (secondary N) is 2. The van der Waals surface area contributed by atoms with Crippen LogP contribution in [-0.4, -0.2) is 73.9 Å². The molecule has 234 valence electrons. The molecule has 2 amide bonds. The minimum absolute atomic E-state index is 0.0821. The standard InChI is InChI=1S/C27H34F5N9O2/c1-4-40-20(7-10-34-40)24(43)36-21(15-5-8-26(28,29)9-6-15)19-14-41-25(35-19)37-22(39(2)3)18(38-41)12-16-11-17(27(30,31)32)13-33-23(16)42/h7,10,14-17,21H,4-6,8-9,11-13H2,1-3H3,(H,33,42)(H,36,43)/t16?,17-,21-/m0/s1. The number of amides is 2. The zero-order chi connectivity index (χ0) is 31.1. The number of hydrogen-bond donors (Lipinski definition) is 2. The Morgan fingerprint density at radius 2 is 1.95 bits per heavy atom. The zero-order valence-electron chi connectivity index (χ0n) is 24.0. The number of alkyl halides is 5. The van der Waals surface area contributed by atoms with E-state index in [1.54, 1.807) is 31.3 Å². The van der Waals surface area contributed by atoms with Gasteiger partial charge >= 0.3 is 6.18 Å². The Morgan fingerprint density at radius 1 is 1.23 bits per heavy atom. The highest BCUT2D eigenvalue weighted by Crippen LogP contribution is 2.41. The van der Waals surface area contributed by atoms with Gasteiger partial charge in [-0.15, -0.1) is 0 Å². The van der Waals surface area contributed by atoms with E-state index >= 15 is 0 Å². The molecule has 5 rings (SSSR count). The van der Waals surface area contributed by atoms with Crippen molar-refractivity contribution in [1.82, 2.24) is 40.0 Å². The van der Waals surface area contributed by atoms with E-state index in [2.05, 4.69) is 30.8 Å². The Labute approximate surface area is 244 Å². The summed E-state index contributed by atoms with van der Waals surface area (Å²) in [6.45, 7) is 1.83. The molecule has 1 aliphatic carbocycles. The van der Waals surface area contributed by atoms with Crippen LogP contribution in [0.15, 0.2) is 18.5 Å². The van der Waals surface area contributed by atoms with Crippen molar-refractivity contribution in [1.29, 1.82) is 0 Å². The van der Waals surface area contributed by atoms with Gasteiger partial charge in [-0.3, -0.25) is 14.3 Å². The van der Waals surface area contributed by atoms with Crippen LogP contribution < -0.4 is 15.5 Å². The summed E-state index contributed by atoms with van der Waals surface area (Å²) in [7, 11) is 3.38. The molecule has 0 bridgehead atoms. The molecular formula is C27H34F5N9O2. The van der Waals surface area contributed by atoms with Crippen molar-refractivity contribution in [2.24, 2.45) is 17.8 Å². The Morgan fingerprint density at radius 3 is 2.60 bits per heavy atom. The average molecular weight is 612 g/mol. The molecule has 43 heavy (non-hydrogen) atoms. The average Bonchev–Trinajstić information content (AvgIpc) is 3.58. The monoisotopic (exact) mass is 611 g/mol. The van der Waals surface area contributed by atoms with Crippen LogP contribution in [0.2, 0.25) is 0 Å². The Hall–Kier alpha value is -3.85. The van der Waals surface area contributed by atoms with Crippen LogP contribution >= 0.6 is 0 Å². The van der Waals surface area contributed by atoms with Crippen molar-refractivity contribution < 1.29 is 31.5 Å². The van der Waals surface area contributed by atoms with Gasteiger partial charge in [0.15, 0.2) is 5.82 Å². The lowest BCUT2D eigenvalue weighted by Crippen LogP contribution is -2.47. The first-order valence-corrected chi connectivity index (χ1v) is 14.2. The quantitative estimate of drug-likeness (QED) is 0.374.